The van der Waals surface area contributed by atoms with Gasteiger partial charge >= 0.3 is 0 Å². The lowest BCUT2D eigenvalue weighted by atomic mass is 10.1. The van der Waals surface area contributed by atoms with Crippen LogP contribution in [-0.4, -0.2) is 21.5 Å². The highest BCUT2D eigenvalue weighted by molar-refractivity contribution is 7.92. The molecule has 2 aromatic rings. The Labute approximate surface area is 143 Å². The molecule has 0 saturated heterocycles. The van der Waals surface area contributed by atoms with Crippen LogP contribution in [0.3, 0.4) is 0 Å². The topological polar surface area (TPSA) is 49.4 Å². The molecule has 0 spiro atoms. The molecule has 2 aromatic carbocycles. The highest BCUT2D eigenvalue weighted by atomic mass is 32.2. The first-order chi connectivity index (χ1) is 11.3. The summed E-state index contributed by atoms with van der Waals surface area (Å²) in [5.41, 5.74) is 2.79. The maximum absolute atomic E-state index is 13.2. The number of halogens is 1. The zero-order valence-corrected chi connectivity index (χ0v) is 15.2. The van der Waals surface area contributed by atoms with Crippen LogP contribution in [0.25, 0.3) is 0 Å². The van der Waals surface area contributed by atoms with Crippen LogP contribution in [0.4, 0.5) is 15.8 Å². The van der Waals surface area contributed by atoms with Gasteiger partial charge in [0.15, 0.2) is 0 Å². The van der Waals surface area contributed by atoms with Crippen molar-refractivity contribution in [3.63, 3.8) is 0 Å². The summed E-state index contributed by atoms with van der Waals surface area (Å²) >= 11 is 0. The van der Waals surface area contributed by atoms with Crippen molar-refractivity contribution in [1.29, 1.82) is 0 Å². The molecule has 0 saturated carbocycles. The van der Waals surface area contributed by atoms with E-state index in [2.05, 4.69) is 23.5 Å². The Morgan fingerprint density at radius 1 is 1.00 bits per heavy atom. The molecule has 0 atom stereocenters. The third-order valence-corrected chi connectivity index (χ3v) is 5.54. The average Bonchev–Trinajstić information content (AvgIpc) is 2.50. The van der Waals surface area contributed by atoms with E-state index in [4.69, 9.17) is 0 Å². The molecule has 0 fully saturated rings. The van der Waals surface area contributed by atoms with Crippen LogP contribution < -0.4 is 9.62 Å². The molecule has 0 heterocycles. The maximum Gasteiger partial charge on any atom is 0.262 e. The van der Waals surface area contributed by atoms with Crippen LogP contribution in [0.5, 0.6) is 0 Å². The van der Waals surface area contributed by atoms with E-state index in [1.165, 1.54) is 12.1 Å². The molecule has 24 heavy (non-hydrogen) atoms. The lowest BCUT2D eigenvalue weighted by molar-refractivity contribution is 0.598. The molecule has 6 heteroatoms. The number of anilines is 2. The van der Waals surface area contributed by atoms with Gasteiger partial charge in [0.25, 0.3) is 10.0 Å². The summed E-state index contributed by atoms with van der Waals surface area (Å²) in [5, 5.41) is 0. The van der Waals surface area contributed by atoms with Crippen molar-refractivity contribution in [2.45, 2.75) is 32.6 Å². The van der Waals surface area contributed by atoms with Gasteiger partial charge in [-0.3, -0.25) is 4.72 Å². The van der Waals surface area contributed by atoms with Gasteiger partial charge in [0.05, 0.1) is 10.6 Å². The summed E-state index contributed by atoms with van der Waals surface area (Å²) in [4.78, 5) is 2.27. The minimum absolute atomic E-state index is 0.0797. The standard InChI is InChI=1S/C18H23FN2O2S/c1-5-21(6-2)16-8-9-17(13(3)12-16)20-24(22,23)18-10-7-15(19)11-14(18)4/h7-12,20H,5-6H2,1-4H3. The molecule has 0 bridgehead atoms. The van der Waals surface area contributed by atoms with Crippen molar-refractivity contribution >= 4 is 21.4 Å². The quantitative estimate of drug-likeness (QED) is 0.854. The minimum Gasteiger partial charge on any atom is -0.372 e. The molecule has 0 radical (unpaired) electrons. The first-order valence-electron chi connectivity index (χ1n) is 7.93. The second-order valence-corrected chi connectivity index (χ2v) is 7.34. The number of benzene rings is 2. The Morgan fingerprint density at radius 3 is 2.21 bits per heavy atom. The van der Waals surface area contributed by atoms with Crippen LogP contribution in [0.15, 0.2) is 41.3 Å². The van der Waals surface area contributed by atoms with E-state index >= 15 is 0 Å². The van der Waals surface area contributed by atoms with Gasteiger partial charge in [-0.2, -0.15) is 0 Å². The number of hydrogen-bond donors (Lipinski definition) is 1. The second kappa shape index (κ2) is 7.21. The lowest BCUT2D eigenvalue weighted by Crippen LogP contribution is -2.22. The molecule has 0 unspecified atom stereocenters. The average molecular weight is 350 g/mol. The van der Waals surface area contributed by atoms with E-state index in [1.54, 1.807) is 13.0 Å². The smallest absolute Gasteiger partial charge is 0.262 e. The van der Waals surface area contributed by atoms with Gasteiger partial charge in [0.2, 0.25) is 0 Å². The highest BCUT2D eigenvalue weighted by Gasteiger charge is 2.18. The van der Waals surface area contributed by atoms with E-state index in [1.807, 2.05) is 19.1 Å². The van der Waals surface area contributed by atoms with Gasteiger partial charge in [0, 0.05) is 18.8 Å². The summed E-state index contributed by atoms with van der Waals surface area (Å²) in [6.45, 7) is 9.36. The molecule has 0 aliphatic carbocycles. The van der Waals surface area contributed by atoms with Crippen LogP contribution in [0, 0.1) is 19.7 Å². The minimum atomic E-state index is -3.76. The van der Waals surface area contributed by atoms with E-state index in [-0.39, 0.29) is 4.90 Å². The summed E-state index contributed by atoms with van der Waals surface area (Å²) < 4.78 is 40.9. The molecule has 0 aliphatic rings. The van der Waals surface area contributed by atoms with E-state index in [0.29, 0.717) is 11.3 Å². The molecule has 0 amide bonds. The van der Waals surface area contributed by atoms with Gasteiger partial charge in [-0.1, -0.05) is 0 Å². The largest absolute Gasteiger partial charge is 0.372 e. The molecule has 0 aromatic heterocycles. The van der Waals surface area contributed by atoms with Crippen LogP contribution >= 0.6 is 0 Å². The fourth-order valence-corrected chi connectivity index (χ4v) is 4.02. The predicted molar refractivity (Wildman–Crippen MR) is 96.7 cm³/mol. The van der Waals surface area contributed by atoms with Crippen LogP contribution in [0.1, 0.15) is 25.0 Å². The first-order valence-corrected chi connectivity index (χ1v) is 9.41. The van der Waals surface area contributed by atoms with Crippen molar-refractivity contribution in [2.24, 2.45) is 0 Å². The molecular weight excluding hydrogens is 327 g/mol. The molecule has 1 N–H and O–H groups in total. The van der Waals surface area contributed by atoms with Crippen molar-refractivity contribution in [2.75, 3.05) is 22.7 Å². The molecule has 4 nitrogen and oxygen atoms in total. The number of nitrogens with zero attached hydrogens (tertiary/aromatic N) is 1. The predicted octanol–water partition coefficient (Wildman–Crippen LogP) is 4.09. The Hall–Kier alpha value is -2.08. The van der Waals surface area contributed by atoms with Gasteiger partial charge in [-0.05, 0) is 75.2 Å². The number of sulfonamides is 1. The Balaban J connectivity index is 2.33. The SMILES string of the molecule is CCN(CC)c1ccc(NS(=O)(=O)c2ccc(F)cc2C)c(C)c1. The maximum atomic E-state index is 13.2. The van der Waals surface area contributed by atoms with Gasteiger partial charge in [0.1, 0.15) is 5.82 Å². The summed E-state index contributed by atoms with van der Waals surface area (Å²) in [6, 6.07) is 9.27. The summed E-state index contributed by atoms with van der Waals surface area (Å²) in [6.07, 6.45) is 0. The van der Waals surface area contributed by atoms with E-state index < -0.39 is 15.8 Å². The molecule has 0 aliphatic heterocycles. The van der Waals surface area contributed by atoms with E-state index in [9.17, 15) is 12.8 Å². The summed E-state index contributed by atoms with van der Waals surface area (Å²) in [7, 11) is -3.76. The normalized spacial score (nSPS) is 11.4. The lowest BCUT2D eigenvalue weighted by Gasteiger charge is -2.22. The van der Waals surface area contributed by atoms with Crippen molar-refractivity contribution in [3.05, 3.63) is 53.3 Å². The monoisotopic (exact) mass is 350 g/mol. The molecular formula is C18H23FN2O2S. The molecule has 2 rings (SSSR count). The third-order valence-electron chi connectivity index (χ3n) is 4.01. The van der Waals surface area contributed by atoms with Crippen molar-refractivity contribution in [3.8, 4) is 0 Å². The first kappa shape index (κ1) is 18.3. The number of aryl methyl sites for hydroxylation is 2. The zero-order chi connectivity index (χ0) is 17.9. The van der Waals surface area contributed by atoms with Gasteiger partial charge in [-0.15, -0.1) is 0 Å². The molecule has 130 valence electrons. The Kier molecular flexibility index (Phi) is 5.49. The summed E-state index contributed by atoms with van der Waals surface area (Å²) in [5.74, 6) is -0.453. The number of nitrogens with one attached hydrogen (secondary N) is 1. The Morgan fingerprint density at radius 2 is 1.67 bits per heavy atom. The van der Waals surface area contributed by atoms with Crippen LogP contribution in [0.2, 0.25) is 0 Å². The highest BCUT2D eigenvalue weighted by Crippen LogP contribution is 2.26. The second-order valence-electron chi connectivity index (χ2n) is 5.69. The van der Waals surface area contributed by atoms with Gasteiger partial charge < -0.3 is 4.90 Å². The fraction of sp³-hybridized carbons (Fsp3) is 0.333. The number of hydrogen-bond acceptors (Lipinski definition) is 3. The van der Waals surface area contributed by atoms with Crippen LogP contribution in [-0.2, 0) is 10.0 Å². The van der Waals surface area contributed by atoms with Crippen molar-refractivity contribution < 1.29 is 12.8 Å². The fourth-order valence-electron chi connectivity index (χ4n) is 2.66. The van der Waals surface area contributed by atoms with E-state index in [0.717, 1.165) is 30.4 Å². The zero-order valence-electron chi connectivity index (χ0n) is 14.4. The third kappa shape index (κ3) is 3.87. The Bertz CT molecular complexity index is 831. The number of rotatable bonds is 6. The van der Waals surface area contributed by atoms with Crippen molar-refractivity contribution in [1.82, 2.24) is 0 Å². The van der Waals surface area contributed by atoms with Gasteiger partial charge in [-0.25, -0.2) is 12.8 Å².